The van der Waals surface area contributed by atoms with Gasteiger partial charge in [0.2, 0.25) is 0 Å². The second kappa shape index (κ2) is 6.03. The van der Waals surface area contributed by atoms with Crippen molar-refractivity contribution >= 4 is 33.7 Å². The van der Waals surface area contributed by atoms with Crippen LogP contribution in [0.4, 0.5) is 0 Å². The molecule has 1 aromatic heterocycles. The Bertz CT molecular complexity index is 302. The number of esters is 1. The quantitative estimate of drug-likeness (QED) is 0.625. The highest BCUT2D eigenvalue weighted by Gasteiger charge is 2.01. The molecule has 0 fully saturated rings. The maximum Gasteiger partial charge on any atom is 0.306 e. The van der Waals surface area contributed by atoms with Gasteiger partial charge in [0.25, 0.3) is 0 Å². The first kappa shape index (κ1) is 11.5. The van der Waals surface area contributed by atoms with E-state index < -0.39 is 0 Å². The predicted octanol–water partition coefficient (Wildman–Crippen LogP) is 2.50. The van der Waals surface area contributed by atoms with Crippen LogP contribution < -0.4 is 0 Å². The SMILES string of the molecule is COC(=O)CCSc1ccc(Br)cn1. The first-order valence-electron chi connectivity index (χ1n) is 4.03. The van der Waals surface area contributed by atoms with E-state index in [4.69, 9.17) is 0 Å². The third kappa shape index (κ3) is 4.11. The number of aromatic nitrogens is 1. The minimum atomic E-state index is -0.186. The van der Waals surface area contributed by atoms with E-state index in [0.29, 0.717) is 12.2 Å². The fraction of sp³-hybridized carbons (Fsp3) is 0.333. The van der Waals surface area contributed by atoms with E-state index in [9.17, 15) is 4.79 Å². The lowest BCUT2D eigenvalue weighted by molar-refractivity contribution is -0.140. The number of thioether (sulfide) groups is 1. The van der Waals surface area contributed by atoms with Crippen LogP contribution >= 0.6 is 27.7 Å². The van der Waals surface area contributed by atoms with Crippen LogP contribution in [0.1, 0.15) is 6.42 Å². The molecule has 0 N–H and O–H groups in total. The number of rotatable bonds is 4. The minimum Gasteiger partial charge on any atom is -0.469 e. The first-order chi connectivity index (χ1) is 6.72. The fourth-order valence-electron chi connectivity index (χ4n) is 0.789. The average Bonchev–Trinajstić information content (AvgIpc) is 2.21. The molecule has 0 amide bonds. The van der Waals surface area contributed by atoms with E-state index in [1.807, 2.05) is 12.1 Å². The van der Waals surface area contributed by atoms with Crippen molar-refractivity contribution in [2.75, 3.05) is 12.9 Å². The highest BCUT2D eigenvalue weighted by Crippen LogP contribution is 2.18. The van der Waals surface area contributed by atoms with Crippen LogP contribution in [-0.4, -0.2) is 23.8 Å². The molecule has 1 aromatic rings. The minimum absolute atomic E-state index is 0.186. The van der Waals surface area contributed by atoms with E-state index in [-0.39, 0.29) is 5.97 Å². The molecule has 0 atom stereocenters. The zero-order chi connectivity index (χ0) is 10.4. The van der Waals surface area contributed by atoms with Crippen molar-refractivity contribution in [3.8, 4) is 0 Å². The predicted molar refractivity (Wildman–Crippen MR) is 59.3 cm³/mol. The molecule has 76 valence electrons. The molecule has 0 radical (unpaired) electrons. The summed E-state index contributed by atoms with van der Waals surface area (Å²) in [4.78, 5) is 15.0. The van der Waals surface area contributed by atoms with Crippen molar-refractivity contribution in [2.45, 2.75) is 11.4 Å². The Hall–Kier alpha value is -0.550. The van der Waals surface area contributed by atoms with Crippen LogP contribution in [0.15, 0.2) is 27.8 Å². The molecule has 14 heavy (non-hydrogen) atoms. The van der Waals surface area contributed by atoms with E-state index in [1.165, 1.54) is 7.11 Å². The zero-order valence-corrected chi connectivity index (χ0v) is 10.1. The van der Waals surface area contributed by atoms with E-state index in [2.05, 4.69) is 25.7 Å². The first-order valence-corrected chi connectivity index (χ1v) is 5.81. The van der Waals surface area contributed by atoms with Crippen LogP contribution in [0.5, 0.6) is 0 Å². The molecule has 0 aromatic carbocycles. The number of pyridine rings is 1. The van der Waals surface area contributed by atoms with Gasteiger partial charge in [-0.2, -0.15) is 0 Å². The smallest absolute Gasteiger partial charge is 0.306 e. The van der Waals surface area contributed by atoms with Crippen LogP contribution in [0.2, 0.25) is 0 Å². The lowest BCUT2D eigenvalue weighted by Gasteiger charge is -1.99. The Morgan fingerprint density at radius 1 is 1.64 bits per heavy atom. The molecule has 0 aliphatic rings. The number of hydrogen-bond acceptors (Lipinski definition) is 4. The summed E-state index contributed by atoms with van der Waals surface area (Å²) in [6.07, 6.45) is 2.15. The molecule has 0 saturated heterocycles. The summed E-state index contributed by atoms with van der Waals surface area (Å²) in [5, 5.41) is 0.914. The largest absolute Gasteiger partial charge is 0.469 e. The zero-order valence-electron chi connectivity index (χ0n) is 7.70. The molecule has 1 heterocycles. The molecule has 1 rings (SSSR count). The fourth-order valence-corrected chi connectivity index (χ4v) is 1.79. The van der Waals surface area contributed by atoms with Gasteiger partial charge < -0.3 is 4.74 Å². The Labute approximate surface area is 95.4 Å². The van der Waals surface area contributed by atoms with E-state index in [0.717, 1.165) is 9.50 Å². The molecule has 0 bridgehead atoms. The number of ether oxygens (including phenoxy) is 1. The lowest BCUT2D eigenvalue weighted by atomic mass is 10.5. The Kier molecular flexibility index (Phi) is 4.97. The summed E-state index contributed by atoms with van der Waals surface area (Å²) in [7, 11) is 1.39. The molecular formula is C9H10BrNO2S. The Balaban J connectivity index is 2.31. The molecule has 0 aliphatic carbocycles. The third-order valence-electron chi connectivity index (χ3n) is 1.48. The molecular weight excluding hydrogens is 266 g/mol. The second-order valence-electron chi connectivity index (χ2n) is 2.49. The Morgan fingerprint density at radius 3 is 3.00 bits per heavy atom. The maximum absolute atomic E-state index is 10.8. The molecule has 0 spiro atoms. The second-order valence-corrected chi connectivity index (χ2v) is 4.52. The summed E-state index contributed by atoms with van der Waals surface area (Å²) in [5.41, 5.74) is 0. The number of nitrogens with zero attached hydrogens (tertiary/aromatic N) is 1. The van der Waals surface area contributed by atoms with Crippen molar-refractivity contribution in [3.63, 3.8) is 0 Å². The van der Waals surface area contributed by atoms with Gasteiger partial charge in [0.1, 0.15) is 0 Å². The van der Waals surface area contributed by atoms with E-state index >= 15 is 0 Å². The third-order valence-corrected chi connectivity index (χ3v) is 2.90. The summed E-state index contributed by atoms with van der Waals surface area (Å²) in [5.74, 6) is 0.510. The van der Waals surface area contributed by atoms with Gasteiger partial charge in [-0.3, -0.25) is 4.79 Å². The standard InChI is InChI=1S/C9H10BrNO2S/c1-13-9(12)4-5-14-8-3-2-7(10)6-11-8/h2-3,6H,4-5H2,1H3. The summed E-state index contributed by atoms with van der Waals surface area (Å²) in [6.45, 7) is 0. The Morgan fingerprint density at radius 2 is 2.43 bits per heavy atom. The van der Waals surface area contributed by atoms with Crippen molar-refractivity contribution in [1.82, 2.24) is 4.98 Å². The van der Waals surface area contributed by atoms with Gasteiger partial charge >= 0.3 is 5.97 Å². The van der Waals surface area contributed by atoms with Crippen molar-refractivity contribution in [2.24, 2.45) is 0 Å². The summed E-state index contributed by atoms with van der Waals surface area (Å²) >= 11 is 4.84. The van der Waals surface area contributed by atoms with Gasteiger partial charge in [-0.05, 0) is 28.1 Å². The normalized spacial score (nSPS) is 9.86. The topological polar surface area (TPSA) is 39.2 Å². The molecule has 0 unspecified atom stereocenters. The van der Waals surface area contributed by atoms with Gasteiger partial charge in [-0.1, -0.05) is 0 Å². The van der Waals surface area contributed by atoms with Gasteiger partial charge in [0.15, 0.2) is 0 Å². The summed E-state index contributed by atoms with van der Waals surface area (Å²) < 4.78 is 5.48. The van der Waals surface area contributed by atoms with Crippen molar-refractivity contribution in [3.05, 3.63) is 22.8 Å². The molecule has 0 saturated carbocycles. The number of carbonyl (C=O) groups is 1. The van der Waals surface area contributed by atoms with E-state index in [1.54, 1.807) is 18.0 Å². The van der Waals surface area contributed by atoms with Gasteiger partial charge in [-0.15, -0.1) is 11.8 Å². The maximum atomic E-state index is 10.8. The monoisotopic (exact) mass is 275 g/mol. The summed E-state index contributed by atoms with van der Waals surface area (Å²) in [6, 6.07) is 3.83. The van der Waals surface area contributed by atoms with Gasteiger partial charge in [-0.25, -0.2) is 4.98 Å². The highest BCUT2D eigenvalue weighted by molar-refractivity contribution is 9.10. The van der Waals surface area contributed by atoms with Crippen LogP contribution in [-0.2, 0) is 9.53 Å². The number of halogens is 1. The molecule has 0 aliphatic heterocycles. The van der Waals surface area contributed by atoms with Gasteiger partial charge in [0.05, 0.1) is 18.6 Å². The number of methoxy groups -OCH3 is 1. The number of carbonyl (C=O) groups excluding carboxylic acids is 1. The molecule has 3 nitrogen and oxygen atoms in total. The molecule has 5 heteroatoms. The van der Waals surface area contributed by atoms with Crippen LogP contribution in [0, 0.1) is 0 Å². The van der Waals surface area contributed by atoms with Crippen molar-refractivity contribution < 1.29 is 9.53 Å². The highest BCUT2D eigenvalue weighted by atomic mass is 79.9. The lowest BCUT2D eigenvalue weighted by Crippen LogP contribution is -2.01. The van der Waals surface area contributed by atoms with Gasteiger partial charge in [0, 0.05) is 16.4 Å². The average molecular weight is 276 g/mol. The number of hydrogen-bond donors (Lipinski definition) is 0. The van der Waals surface area contributed by atoms with Crippen LogP contribution in [0.3, 0.4) is 0 Å². The van der Waals surface area contributed by atoms with Crippen molar-refractivity contribution in [1.29, 1.82) is 0 Å². The van der Waals surface area contributed by atoms with Crippen LogP contribution in [0.25, 0.3) is 0 Å².